The van der Waals surface area contributed by atoms with Gasteiger partial charge in [0.25, 0.3) is 0 Å². The number of fused-ring (bicyclic) bond motifs is 1. The van der Waals surface area contributed by atoms with E-state index >= 15 is 0 Å². The highest BCUT2D eigenvalue weighted by atomic mass is 19.1. The fourth-order valence-corrected chi connectivity index (χ4v) is 3.24. The minimum absolute atomic E-state index is 0.140. The maximum Gasteiger partial charge on any atom is 0.407 e. The highest BCUT2D eigenvalue weighted by molar-refractivity contribution is 5.77. The zero-order chi connectivity index (χ0) is 22.6. The van der Waals surface area contributed by atoms with Gasteiger partial charge in [-0.05, 0) is 69.4 Å². The summed E-state index contributed by atoms with van der Waals surface area (Å²) >= 11 is 0. The van der Waals surface area contributed by atoms with Gasteiger partial charge in [-0.15, -0.1) is 0 Å². The summed E-state index contributed by atoms with van der Waals surface area (Å²) in [5.74, 6) is 0. The number of rotatable bonds is 7. The predicted molar refractivity (Wildman–Crippen MR) is 116 cm³/mol. The molecule has 1 N–H and O–H groups in total. The minimum Gasteiger partial charge on any atom is -0.444 e. The van der Waals surface area contributed by atoms with Crippen molar-refractivity contribution in [2.75, 3.05) is 0 Å². The van der Waals surface area contributed by atoms with Gasteiger partial charge in [-0.25, -0.2) is 18.7 Å². The van der Waals surface area contributed by atoms with Gasteiger partial charge in [-0.3, -0.25) is 0 Å². The number of hydrogen-bond acceptors (Lipinski definition) is 5. The molecular formula is C23H27FN4O3. The molecule has 1 amide bonds. The number of ether oxygens (including phenoxy) is 1. The van der Waals surface area contributed by atoms with Crippen molar-refractivity contribution in [3.63, 3.8) is 0 Å². The van der Waals surface area contributed by atoms with E-state index < -0.39 is 17.9 Å². The average molecular weight is 426 g/mol. The Hall–Kier alpha value is -3.29. The molecule has 31 heavy (non-hydrogen) atoms. The highest BCUT2D eigenvalue weighted by Gasteiger charge is 2.16. The summed E-state index contributed by atoms with van der Waals surface area (Å²) in [5, 5.41) is 7.00. The molecule has 0 aliphatic carbocycles. The van der Waals surface area contributed by atoms with Crippen LogP contribution in [-0.2, 0) is 22.5 Å². The zero-order valence-corrected chi connectivity index (χ0v) is 18.2. The van der Waals surface area contributed by atoms with E-state index in [4.69, 9.17) is 4.74 Å². The van der Waals surface area contributed by atoms with E-state index in [1.54, 1.807) is 4.52 Å². The van der Waals surface area contributed by atoms with Crippen LogP contribution in [0.3, 0.4) is 0 Å². The monoisotopic (exact) mass is 426 g/mol. The minimum atomic E-state index is -1.46. The Morgan fingerprint density at radius 3 is 2.77 bits per heavy atom. The van der Waals surface area contributed by atoms with Gasteiger partial charge in [0.2, 0.25) is 0 Å². The number of alkyl halides is 1. The summed E-state index contributed by atoms with van der Waals surface area (Å²) < 4.78 is 20.2. The van der Waals surface area contributed by atoms with Crippen LogP contribution >= 0.6 is 0 Å². The van der Waals surface area contributed by atoms with Gasteiger partial charge in [0.15, 0.2) is 12.5 Å². The maximum absolute atomic E-state index is 13.3. The molecule has 0 bridgehead atoms. The van der Waals surface area contributed by atoms with Crippen molar-refractivity contribution in [1.82, 2.24) is 19.9 Å². The van der Waals surface area contributed by atoms with Crippen molar-refractivity contribution in [3.05, 3.63) is 53.5 Å². The van der Waals surface area contributed by atoms with Crippen LogP contribution in [0.25, 0.3) is 16.8 Å². The second kappa shape index (κ2) is 9.24. The van der Waals surface area contributed by atoms with Crippen LogP contribution in [0.5, 0.6) is 0 Å². The summed E-state index contributed by atoms with van der Waals surface area (Å²) in [5.41, 5.74) is 4.78. The predicted octanol–water partition coefficient (Wildman–Crippen LogP) is 4.20. The van der Waals surface area contributed by atoms with E-state index in [2.05, 4.69) is 15.4 Å². The molecule has 0 saturated carbocycles. The van der Waals surface area contributed by atoms with Gasteiger partial charge in [0.1, 0.15) is 11.9 Å². The fourth-order valence-electron chi connectivity index (χ4n) is 3.24. The first-order valence-electron chi connectivity index (χ1n) is 10.1. The number of alkyl carbamates (subject to hydrolysis) is 1. The van der Waals surface area contributed by atoms with E-state index in [-0.39, 0.29) is 6.42 Å². The Morgan fingerprint density at radius 2 is 2.10 bits per heavy atom. The largest absolute Gasteiger partial charge is 0.444 e. The number of carbonyl (C=O) groups is 2. The maximum atomic E-state index is 13.3. The number of aldehydes is 1. The van der Waals surface area contributed by atoms with Gasteiger partial charge in [-0.2, -0.15) is 5.10 Å². The Bertz CT molecular complexity index is 1090. The van der Waals surface area contributed by atoms with Crippen LogP contribution < -0.4 is 5.32 Å². The molecule has 7 nitrogen and oxygen atoms in total. The van der Waals surface area contributed by atoms with Crippen LogP contribution in [0.2, 0.25) is 0 Å². The van der Waals surface area contributed by atoms with E-state index in [1.807, 2.05) is 58.2 Å². The van der Waals surface area contributed by atoms with Gasteiger partial charge in [0.05, 0.1) is 11.2 Å². The molecule has 3 rings (SSSR count). The third-order valence-electron chi connectivity index (χ3n) is 4.76. The van der Waals surface area contributed by atoms with E-state index in [1.165, 1.54) is 6.33 Å². The number of benzene rings is 1. The van der Waals surface area contributed by atoms with Gasteiger partial charge in [-0.1, -0.05) is 12.1 Å². The fraction of sp³-hybridized carbons (Fsp3) is 0.391. The first kappa shape index (κ1) is 22.4. The second-order valence-electron chi connectivity index (χ2n) is 8.47. The molecule has 2 heterocycles. The van der Waals surface area contributed by atoms with E-state index in [9.17, 15) is 14.0 Å². The molecule has 1 aromatic carbocycles. The van der Waals surface area contributed by atoms with Gasteiger partial charge >= 0.3 is 6.09 Å². The Morgan fingerprint density at radius 1 is 1.32 bits per heavy atom. The summed E-state index contributed by atoms with van der Waals surface area (Å²) in [6.07, 6.45) is 2.28. The number of hydrogen-bond donors (Lipinski definition) is 1. The van der Waals surface area contributed by atoms with Crippen molar-refractivity contribution >= 4 is 17.9 Å². The third kappa shape index (κ3) is 5.87. The van der Waals surface area contributed by atoms with Crippen LogP contribution in [0.4, 0.5) is 9.18 Å². The lowest BCUT2D eigenvalue weighted by Gasteiger charge is -2.20. The number of aromatic nitrogens is 3. The number of amides is 1. The molecule has 3 aromatic rings. The van der Waals surface area contributed by atoms with Gasteiger partial charge in [0, 0.05) is 18.3 Å². The first-order chi connectivity index (χ1) is 14.7. The number of halogens is 1. The summed E-state index contributed by atoms with van der Waals surface area (Å²) in [6.45, 7) is 7.79. The quantitative estimate of drug-likeness (QED) is 0.573. The summed E-state index contributed by atoms with van der Waals surface area (Å²) in [7, 11) is 0. The van der Waals surface area contributed by atoms with Crippen LogP contribution in [0.15, 0.2) is 36.8 Å². The van der Waals surface area contributed by atoms with E-state index in [0.29, 0.717) is 19.3 Å². The number of nitrogens with one attached hydrogen (secondary N) is 1. The SMILES string of the molecule is Cc1cc(-c2ncnn3cc(CC[C@H](F)C=O)cc23)ccc1CNC(=O)OC(C)(C)C. The van der Waals surface area contributed by atoms with Crippen molar-refractivity contribution in [2.45, 2.75) is 58.9 Å². The van der Waals surface area contributed by atoms with Crippen molar-refractivity contribution in [3.8, 4) is 11.3 Å². The van der Waals surface area contributed by atoms with Gasteiger partial charge < -0.3 is 14.8 Å². The zero-order valence-electron chi connectivity index (χ0n) is 18.2. The Balaban J connectivity index is 1.78. The highest BCUT2D eigenvalue weighted by Crippen LogP contribution is 2.26. The summed E-state index contributed by atoms with van der Waals surface area (Å²) in [4.78, 5) is 26.8. The number of nitrogens with zero attached hydrogens (tertiary/aromatic N) is 3. The molecule has 0 radical (unpaired) electrons. The molecule has 8 heteroatoms. The lowest BCUT2D eigenvalue weighted by Crippen LogP contribution is -2.32. The van der Waals surface area contributed by atoms with Crippen LogP contribution in [-0.4, -0.2) is 38.8 Å². The third-order valence-corrected chi connectivity index (χ3v) is 4.76. The van der Waals surface area contributed by atoms with Crippen LogP contribution in [0.1, 0.15) is 43.9 Å². The Labute approximate surface area is 180 Å². The smallest absolute Gasteiger partial charge is 0.407 e. The lowest BCUT2D eigenvalue weighted by molar-refractivity contribution is -0.112. The van der Waals surface area contributed by atoms with Crippen molar-refractivity contribution in [2.24, 2.45) is 0 Å². The number of carbonyl (C=O) groups excluding carboxylic acids is 2. The molecular weight excluding hydrogens is 399 g/mol. The lowest BCUT2D eigenvalue weighted by atomic mass is 10.0. The molecule has 0 aliphatic heterocycles. The van der Waals surface area contributed by atoms with E-state index in [0.717, 1.165) is 33.5 Å². The average Bonchev–Trinajstić information content (AvgIpc) is 3.13. The molecule has 164 valence electrons. The molecule has 2 aromatic heterocycles. The second-order valence-corrected chi connectivity index (χ2v) is 8.47. The normalized spacial score (nSPS) is 12.5. The summed E-state index contributed by atoms with van der Waals surface area (Å²) in [6, 6.07) is 7.81. The topological polar surface area (TPSA) is 85.6 Å². The number of aryl methyl sites for hydroxylation is 2. The molecule has 0 spiro atoms. The Kier molecular flexibility index (Phi) is 6.68. The van der Waals surface area contributed by atoms with Crippen molar-refractivity contribution in [1.29, 1.82) is 0 Å². The molecule has 1 atom stereocenters. The molecule has 0 saturated heterocycles. The first-order valence-corrected chi connectivity index (χ1v) is 10.1. The molecule has 0 unspecified atom stereocenters. The van der Waals surface area contributed by atoms with Crippen molar-refractivity contribution < 1.29 is 18.7 Å². The standard InChI is InChI=1S/C23H27FN4O3/c1-15-9-17(6-7-18(15)11-25-22(30)31-23(2,3)4)21-20-10-16(5-8-19(24)13-29)12-28(20)27-14-26-21/h6-7,9-10,12-14,19H,5,8,11H2,1-4H3,(H,25,30)/t19-/m0/s1. The van der Waals surface area contributed by atoms with Crippen LogP contribution in [0, 0.1) is 6.92 Å². The molecule has 0 aliphatic rings. The molecule has 0 fully saturated rings.